The van der Waals surface area contributed by atoms with Crippen LogP contribution in [0.3, 0.4) is 0 Å². The SMILES string of the molecule is CCCCCCCCCCCCCCCCNC(=S)NC(=O)c1cccc(OCCOc2ccccc2)c1. The maximum atomic E-state index is 12.6. The molecule has 0 fully saturated rings. The first-order valence-corrected chi connectivity index (χ1v) is 15.1. The van der Waals surface area contributed by atoms with E-state index in [0.717, 1.165) is 18.7 Å². The summed E-state index contributed by atoms with van der Waals surface area (Å²) in [5.41, 5.74) is 0.507. The number of hydrogen-bond donors (Lipinski definition) is 2. The molecule has 0 bridgehead atoms. The first-order valence-electron chi connectivity index (χ1n) is 14.7. The lowest BCUT2D eigenvalue weighted by Gasteiger charge is -2.11. The van der Waals surface area contributed by atoms with Crippen LogP contribution in [0.2, 0.25) is 0 Å². The van der Waals surface area contributed by atoms with E-state index in [1.807, 2.05) is 36.4 Å². The summed E-state index contributed by atoms with van der Waals surface area (Å²) >= 11 is 5.30. The Morgan fingerprint density at radius 3 is 1.82 bits per heavy atom. The van der Waals surface area contributed by atoms with Crippen LogP contribution >= 0.6 is 12.2 Å². The van der Waals surface area contributed by atoms with Crippen LogP contribution in [-0.2, 0) is 0 Å². The molecule has 0 aliphatic heterocycles. The Hall–Kier alpha value is -2.60. The van der Waals surface area contributed by atoms with Gasteiger partial charge in [0.05, 0.1) is 0 Å². The minimum Gasteiger partial charge on any atom is -0.490 e. The monoisotopic (exact) mass is 540 g/mol. The summed E-state index contributed by atoms with van der Waals surface area (Å²) in [4.78, 5) is 12.6. The predicted octanol–water partition coefficient (Wildman–Crippen LogP) is 8.23. The number of hydrogen-bond acceptors (Lipinski definition) is 4. The number of carbonyl (C=O) groups excluding carboxylic acids is 1. The number of unbranched alkanes of at least 4 members (excludes halogenated alkanes) is 13. The van der Waals surface area contributed by atoms with Gasteiger partial charge < -0.3 is 14.8 Å². The molecule has 6 heteroatoms. The van der Waals surface area contributed by atoms with Crippen LogP contribution in [0, 0.1) is 0 Å². The van der Waals surface area contributed by atoms with Crippen molar-refractivity contribution in [2.24, 2.45) is 0 Å². The van der Waals surface area contributed by atoms with Gasteiger partial charge in [-0.1, -0.05) is 115 Å². The Morgan fingerprint density at radius 2 is 1.21 bits per heavy atom. The van der Waals surface area contributed by atoms with Gasteiger partial charge in [-0.25, -0.2) is 0 Å². The largest absolute Gasteiger partial charge is 0.490 e. The van der Waals surface area contributed by atoms with Crippen molar-refractivity contribution >= 4 is 23.2 Å². The third-order valence-electron chi connectivity index (χ3n) is 6.50. The first-order chi connectivity index (χ1) is 18.7. The second-order valence-corrected chi connectivity index (χ2v) is 10.3. The summed E-state index contributed by atoms with van der Waals surface area (Å²) < 4.78 is 11.4. The lowest BCUT2D eigenvalue weighted by Crippen LogP contribution is -2.39. The van der Waals surface area contributed by atoms with Gasteiger partial charge >= 0.3 is 0 Å². The molecule has 0 aliphatic carbocycles. The van der Waals surface area contributed by atoms with Crippen molar-refractivity contribution in [2.75, 3.05) is 19.8 Å². The van der Waals surface area contributed by atoms with Crippen molar-refractivity contribution in [1.82, 2.24) is 10.6 Å². The average Bonchev–Trinajstić information content (AvgIpc) is 2.94. The van der Waals surface area contributed by atoms with E-state index in [-0.39, 0.29) is 5.91 Å². The Balaban J connectivity index is 1.46. The summed E-state index contributed by atoms with van der Waals surface area (Å²) in [6, 6.07) is 16.7. The fourth-order valence-electron chi connectivity index (χ4n) is 4.30. The summed E-state index contributed by atoms with van der Waals surface area (Å²) in [5.74, 6) is 1.18. The zero-order valence-electron chi connectivity index (χ0n) is 23.3. The quantitative estimate of drug-likeness (QED) is 0.123. The highest BCUT2D eigenvalue weighted by Crippen LogP contribution is 2.15. The summed E-state index contributed by atoms with van der Waals surface area (Å²) in [6.45, 7) is 3.87. The van der Waals surface area contributed by atoms with Gasteiger partial charge in [-0.15, -0.1) is 0 Å². The molecule has 2 aromatic carbocycles. The van der Waals surface area contributed by atoms with E-state index in [2.05, 4.69) is 17.6 Å². The van der Waals surface area contributed by atoms with Crippen LogP contribution in [0.15, 0.2) is 54.6 Å². The molecule has 0 radical (unpaired) electrons. The van der Waals surface area contributed by atoms with Crippen molar-refractivity contribution in [1.29, 1.82) is 0 Å². The van der Waals surface area contributed by atoms with E-state index in [9.17, 15) is 4.79 Å². The molecule has 0 spiro atoms. The Bertz CT molecular complexity index is 891. The minimum atomic E-state index is -0.241. The molecular weight excluding hydrogens is 492 g/mol. The second-order valence-electron chi connectivity index (χ2n) is 9.84. The standard InChI is InChI=1S/C32H48N2O3S/c1-2-3-4-5-6-7-8-9-10-11-12-13-14-18-24-33-32(38)34-31(35)28-20-19-23-30(27-28)37-26-25-36-29-21-16-15-17-22-29/h15-17,19-23,27H,2-14,18,24-26H2,1H3,(H2,33,34,35,38). The number of para-hydroxylation sites is 1. The number of nitrogens with one attached hydrogen (secondary N) is 2. The van der Waals surface area contributed by atoms with Crippen LogP contribution in [0.4, 0.5) is 0 Å². The van der Waals surface area contributed by atoms with Crippen LogP contribution in [0.25, 0.3) is 0 Å². The molecular formula is C32H48N2O3S. The van der Waals surface area contributed by atoms with Crippen LogP contribution < -0.4 is 20.1 Å². The molecule has 0 aromatic heterocycles. The zero-order chi connectivity index (χ0) is 27.1. The maximum absolute atomic E-state index is 12.6. The topological polar surface area (TPSA) is 59.6 Å². The van der Waals surface area contributed by atoms with E-state index >= 15 is 0 Å². The smallest absolute Gasteiger partial charge is 0.257 e. The number of carbonyl (C=O) groups is 1. The maximum Gasteiger partial charge on any atom is 0.257 e. The molecule has 0 saturated heterocycles. The Kier molecular flexibility index (Phi) is 17.8. The Morgan fingerprint density at radius 1 is 0.684 bits per heavy atom. The van der Waals surface area contributed by atoms with Gasteiger partial charge in [0.1, 0.15) is 24.7 Å². The molecule has 5 nitrogen and oxygen atoms in total. The molecule has 38 heavy (non-hydrogen) atoms. The molecule has 210 valence electrons. The number of rotatable bonds is 21. The normalized spacial score (nSPS) is 10.7. The molecule has 2 N–H and O–H groups in total. The molecule has 0 heterocycles. The highest BCUT2D eigenvalue weighted by molar-refractivity contribution is 7.80. The van der Waals surface area contributed by atoms with Gasteiger partial charge in [0.25, 0.3) is 5.91 Å². The number of thiocarbonyl (C=S) groups is 1. The second kappa shape index (κ2) is 21.3. The van der Waals surface area contributed by atoms with Gasteiger partial charge in [-0.2, -0.15) is 0 Å². The summed E-state index contributed by atoms with van der Waals surface area (Å²) in [5, 5.41) is 6.28. The van der Waals surface area contributed by atoms with E-state index in [0.29, 0.717) is 29.6 Å². The highest BCUT2D eigenvalue weighted by Gasteiger charge is 2.09. The molecule has 1 amide bonds. The third-order valence-corrected chi connectivity index (χ3v) is 6.75. The highest BCUT2D eigenvalue weighted by atomic mass is 32.1. The number of benzene rings is 2. The van der Waals surface area contributed by atoms with E-state index in [4.69, 9.17) is 21.7 Å². The molecule has 2 rings (SSSR count). The van der Waals surface area contributed by atoms with Gasteiger partial charge in [-0.3, -0.25) is 10.1 Å². The molecule has 0 saturated carbocycles. The first kappa shape index (κ1) is 31.6. The lowest BCUT2D eigenvalue weighted by atomic mass is 10.0. The molecule has 0 atom stereocenters. The molecule has 0 aliphatic rings. The summed E-state index contributed by atoms with van der Waals surface area (Å²) in [6.07, 6.45) is 18.7. The van der Waals surface area contributed by atoms with E-state index < -0.39 is 0 Å². The fourth-order valence-corrected chi connectivity index (χ4v) is 4.50. The minimum absolute atomic E-state index is 0.241. The number of amides is 1. The van der Waals surface area contributed by atoms with Gasteiger partial charge in [0.2, 0.25) is 0 Å². The van der Waals surface area contributed by atoms with E-state index in [1.165, 1.54) is 83.5 Å². The molecule has 2 aromatic rings. The predicted molar refractivity (Wildman–Crippen MR) is 162 cm³/mol. The van der Waals surface area contributed by atoms with Gasteiger partial charge in [-0.05, 0) is 49.0 Å². The van der Waals surface area contributed by atoms with Gasteiger partial charge in [0.15, 0.2) is 5.11 Å². The molecule has 0 unspecified atom stereocenters. The zero-order valence-corrected chi connectivity index (χ0v) is 24.2. The lowest BCUT2D eigenvalue weighted by molar-refractivity contribution is 0.0976. The van der Waals surface area contributed by atoms with Crippen LogP contribution in [-0.4, -0.2) is 30.8 Å². The average molecular weight is 541 g/mol. The van der Waals surface area contributed by atoms with Crippen molar-refractivity contribution in [3.63, 3.8) is 0 Å². The fraction of sp³-hybridized carbons (Fsp3) is 0.562. The van der Waals surface area contributed by atoms with Crippen LogP contribution in [0.5, 0.6) is 11.5 Å². The third kappa shape index (κ3) is 15.6. The van der Waals surface area contributed by atoms with Crippen molar-refractivity contribution in [2.45, 2.75) is 96.8 Å². The van der Waals surface area contributed by atoms with Crippen LogP contribution in [0.1, 0.15) is 107 Å². The van der Waals surface area contributed by atoms with Crippen molar-refractivity contribution < 1.29 is 14.3 Å². The van der Waals surface area contributed by atoms with Gasteiger partial charge in [0, 0.05) is 12.1 Å². The Labute approximate surface area is 236 Å². The summed E-state index contributed by atoms with van der Waals surface area (Å²) in [7, 11) is 0. The van der Waals surface area contributed by atoms with Crippen molar-refractivity contribution in [3.05, 3.63) is 60.2 Å². The van der Waals surface area contributed by atoms with E-state index in [1.54, 1.807) is 18.2 Å². The van der Waals surface area contributed by atoms with Crippen molar-refractivity contribution in [3.8, 4) is 11.5 Å². The number of ether oxygens (including phenoxy) is 2.